The van der Waals surface area contributed by atoms with E-state index in [1.807, 2.05) is 0 Å². The highest BCUT2D eigenvalue weighted by molar-refractivity contribution is 7.93. The number of carbonyl (C=O) groups is 1. The van der Waals surface area contributed by atoms with E-state index in [-0.39, 0.29) is 16.8 Å². The molecule has 0 spiro atoms. The van der Waals surface area contributed by atoms with Gasteiger partial charge in [0, 0.05) is 28.7 Å². The molecule has 0 N–H and O–H groups in total. The van der Waals surface area contributed by atoms with E-state index in [0.717, 1.165) is 12.1 Å². The average Bonchev–Trinajstić information content (AvgIpc) is 3.30. The summed E-state index contributed by atoms with van der Waals surface area (Å²) >= 11 is 11.4. The number of nitrogens with zero attached hydrogens (tertiary/aromatic N) is 2. The number of hydrogen-bond acceptors (Lipinski definition) is 4. The quantitative estimate of drug-likeness (QED) is 0.255. The fourth-order valence-electron chi connectivity index (χ4n) is 3.59. The van der Waals surface area contributed by atoms with E-state index in [9.17, 15) is 26.6 Å². The number of rotatable bonds is 4. The summed E-state index contributed by atoms with van der Waals surface area (Å²) in [6.07, 6.45) is -4.36. The third kappa shape index (κ3) is 4.85. The summed E-state index contributed by atoms with van der Waals surface area (Å²) in [4.78, 5) is 17.9. The van der Waals surface area contributed by atoms with Crippen LogP contribution in [0.25, 0.3) is 0 Å². The van der Waals surface area contributed by atoms with Crippen molar-refractivity contribution in [1.29, 1.82) is 0 Å². The minimum absolute atomic E-state index is 0.0663. The van der Waals surface area contributed by atoms with Crippen LogP contribution in [-0.4, -0.2) is 28.3 Å². The lowest BCUT2D eigenvalue weighted by Gasteiger charge is -2.29. The molecule has 3 aromatic carbocycles. The molecule has 0 aliphatic carbocycles. The molecule has 0 fully saturated rings. The molecule has 3 aromatic rings. The van der Waals surface area contributed by atoms with E-state index in [1.165, 1.54) is 30.5 Å². The summed E-state index contributed by atoms with van der Waals surface area (Å²) in [6, 6.07) is 15.3. The first-order chi connectivity index (χ1) is 16.8. The summed E-state index contributed by atoms with van der Waals surface area (Å²) < 4.78 is 72.9. The van der Waals surface area contributed by atoms with E-state index in [2.05, 4.69) is 9.52 Å². The number of carbonyl (C=O) groups excluding carboxylic acids is 1. The number of halogens is 6. The summed E-state index contributed by atoms with van der Waals surface area (Å²) in [7, 11) is -3.00. The average molecular weight is 559 g/mol. The van der Waals surface area contributed by atoms with Crippen LogP contribution in [0.2, 0.25) is 10.0 Å². The van der Waals surface area contributed by atoms with Crippen molar-refractivity contribution in [2.75, 3.05) is 6.26 Å². The topological polar surface area (TPSA) is 68.1 Å². The Labute approximate surface area is 213 Å². The second-order valence-corrected chi connectivity index (χ2v) is 11.0. The predicted octanol–water partition coefficient (Wildman–Crippen LogP) is 7.01. The second-order valence-electron chi connectivity index (χ2n) is 7.97. The molecule has 4 rings (SSSR count). The standard InChI is InChI=1S/C24H16Cl2F4N2O3S/c1-36(34,17-5-3-2-4-6-17)32-22(33)15-9-7-14(8-10-15)20-13-23(35-31-20,24(28,29)30)16-11-18(25)21(27)19(26)12-16/h2-12H,13H2,1H3. The summed E-state index contributed by atoms with van der Waals surface area (Å²) in [5.41, 5.74) is -3.17. The van der Waals surface area contributed by atoms with Crippen molar-refractivity contribution in [1.82, 2.24) is 0 Å². The summed E-state index contributed by atoms with van der Waals surface area (Å²) in [6.45, 7) is 0. The number of benzene rings is 3. The van der Waals surface area contributed by atoms with Gasteiger partial charge in [-0.2, -0.15) is 17.5 Å². The van der Waals surface area contributed by atoms with E-state index >= 15 is 0 Å². The smallest absolute Gasteiger partial charge is 0.374 e. The van der Waals surface area contributed by atoms with Crippen LogP contribution in [0.15, 0.2) is 81.1 Å². The highest BCUT2D eigenvalue weighted by atomic mass is 35.5. The molecule has 0 saturated heterocycles. The van der Waals surface area contributed by atoms with Crippen LogP contribution in [0, 0.1) is 5.82 Å². The number of oxime groups is 1. The Bertz CT molecular complexity index is 1460. The monoisotopic (exact) mass is 558 g/mol. The molecule has 2 unspecified atom stereocenters. The Morgan fingerprint density at radius 1 is 1.06 bits per heavy atom. The van der Waals surface area contributed by atoms with Crippen LogP contribution in [0.5, 0.6) is 0 Å². The maximum Gasteiger partial charge on any atom is 0.435 e. The van der Waals surface area contributed by atoms with Crippen molar-refractivity contribution in [3.8, 4) is 0 Å². The van der Waals surface area contributed by atoms with Gasteiger partial charge >= 0.3 is 6.18 Å². The largest absolute Gasteiger partial charge is 0.435 e. The molecule has 0 bridgehead atoms. The highest BCUT2D eigenvalue weighted by Crippen LogP contribution is 2.50. The molecular formula is C24H16Cl2F4N2O3S. The molecule has 1 heterocycles. The first-order valence-electron chi connectivity index (χ1n) is 10.2. The number of hydrogen-bond donors (Lipinski definition) is 0. The zero-order chi connectivity index (χ0) is 26.3. The number of alkyl halides is 3. The lowest BCUT2D eigenvalue weighted by molar-refractivity contribution is -0.275. The zero-order valence-electron chi connectivity index (χ0n) is 18.4. The zero-order valence-corrected chi connectivity index (χ0v) is 20.7. The molecule has 12 heteroatoms. The van der Waals surface area contributed by atoms with Crippen molar-refractivity contribution < 1.29 is 31.4 Å². The van der Waals surface area contributed by atoms with Crippen LogP contribution < -0.4 is 0 Å². The fourth-order valence-corrected chi connectivity index (χ4v) is 5.27. The first kappa shape index (κ1) is 26.1. The maximum absolute atomic E-state index is 14.2. The normalized spacial score (nSPS) is 19.2. The molecule has 1 amide bonds. The fraction of sp³-hybridized carbons (Fsp3) is 0.167. The van der Waals surface area contributed by atoms with Gasteiger partial charge in [0.25, 0.3) is 11.5 Å². The minimum atomic E-state index is -4.95. The van der Waals surface area contributed by atoms with Gasteiger partial charge in [0.1, 0.15) is 0 Å². The maximum atomic E-state index is 14.2. The van der Waals surface area contributed by atoms with E-state index in [1.54, 1.807) is 30.3 Å². The van der Waals surface area contributed by atoms with Crippen molar-refractivity contribution in [2.45, 2.75) is 23.1 Å². The Morgan fingerprint density at radius 3 is 2.19 bits per heavy atom. The van der Waals surface area contributed by atoms with Crippen LogP contribution in [0.1, 0.15) is 27.9 Å². The van der Waals surface area contributed by atoms with Gasteiger partial charge in [-0.05, 0) is 42.0 Å². The van der Waals surface area contributed by atoms with Gasteiger partial charge in [-0.15, -0.1) is 0 Å². The van der Waals surface area contributed by atoms with Gasteiger partial charge in [0.15, 0.2) is 5.82 Å². The van der Waals surface area contributed by atoms with Crippen molar-refractivity contribution in [3.05, 3.63) is 99.3 Å². The summed E-state index contributed by atoms with van der Waals surface area (Å²) in [5.74, 6) is -1.80. The van der Waals surface area contributed by atoms with Gasteiger partial charge < -0.3 is 4.84 Å². The van der Waals surface area contributed by atoms with E-state index in [0.29, 0.717) is 4.90 Å². The predicted molar refractivity (Wildman–Crippen MR) is 128 cm³/mol. The highest BCUT2D eigenvalue weighted by Gasteiger charge is 2.62. The molecule has 5 nitrogen and oxygen atoms in total. The Kier molecular flexibility index (Phi) is 6.89. The molecule has 0 radical (unpaired) electrons. The molecule has 36 heavy (non-hydrogen) atoms. The molecule has 1 aliphatic rings. The van der Waals surface area contributed by atoms with Crippen LogP contribution in [0.3, 0.4) is 0 Å². The lowest BCUT2D eigenvalue weighted by Crippen LogP contribution is -2.42. The van der Waals surface area contributed by atoms with Gasteiger partial charge in [0.05, 0.1) is 25.5 Å². The van der Waals surface area contributed by atoms with Gasteiger partial charge in [0.2, 0.25) is 0 Å². The molecule has 0 saturated carbocycles. The van der Waals surface area contributed by atoms with Gasteiger partial charge in [-0.25, -0.2) is 8.60 Å². The third-order valence-corrected chi connectivity index (χ3v) is 7.75. The van der Waals surface area contributed by atoms with Crippen molar-refractivity contribution in [3.63, 3.8) is 0 Å². The molecule has 0 aromatic heterocycles. The van der Waals surface area contributed by atoms with Crippen LogP contribution in [-0.2, 0) is 20.2 Å². The van der Waals surface area contributed by atoms with Crippen LogP contribution >= 0.6 is 23.2 Å². The minimum Gasteiger partial charge on any atom is -0.374 e. The number of amides is 1. The second kappa shape index (κ2) is 9.49. The Hall–Kier alpha value is -2.95. The van der Waals surface area contributed by atoms with Gasteiger partial charge in [-0.1, -0.05) is 58.7 Å². The van der Waals surface area contributed by atoms with Gasteiger partial charge in [-0.3, -0.25) is 4.79 Å². The molecule has 188 valence electrons. The Balaban J connectivity index is 1.61. The Morgan fingerprint density at radius 2 is 1.64 bits per heavy atom. The van der Waals surface area contributed by atoms with Crippen LogP contribution in [0.4, 0.5) is 17.6 Å². The summed E-state index contributed by atoms with van der Waals surface area (Å²) in [5, 5.41) is 2.44. The van der Waals surface area contributed by atoms with E-state index in [4.69, 9.17) is 28.0 Å². The van der Waals surface area contributed by atoms with Crippen molar-refractivity contribution in [2.24, 2.45) is 9.52 Å². The molecular weight excluding hydrogens is 543 g/mol. The van der Waals surface area contributed by atoms with E-state index < -0.39 is 55.3 Å². The first-order valence-corrected chi connectivity index (χ1v) is 12.9. The molecule has 1 aliphatic heterocycles. The molecule has 2 atom stereocenters. The van der Waals surface area contributed by atoms with Crippen molar-refractivity contribution >= 4 is 44.5 Å². The third-order valence-electron chi connectivity index (χ3n) is 5.54. The lowest BCUT2D eigenvalue weighted by atomic mass is 9.86. The SMILES string of the molecule is CS(=O)(=NC(=O)c1ccc(C2=NOC(c3cc(Cl)c(F)c(Cl)c3)(C(F)(F)F)C2)cc1)c1ccccc1.